The Balaban J connectivity index is 2.62. The molecular formula is C11H12FN3. The van der Waals surface area contributed by atoms with Crippen LogP contribution in [-0.2, 0) is 0 Å². The maximum absolute atomic E-state index is 13.8. The van der Waals surface area contributed by atoms with Gasteiger partial charge in [-0.3, -0.25) is 5.10 Å². The number of nitrogen functional groups attached to an aromatic ring is 1. The molecule has 0 radical (unpaired) electrons. The molecule has 1 heterocycles. The van der Waals surface area contributed by atoms with Crippen molar-refractivity contribution in [1.29, 1.82) is 0 Å². The fourth-order valence-corrected chi connectivity index (χ4v) is 1.62. The van der Waals surface area contributed by atoms with Crippen LogP contribution in [0.1, 0.15) is 11.1 Å². The van der Waals surface area contributed by atoms with Crippen LogP contribution >= 0.6 is 0 Å². The number of nitrogens with two attached hydrogens (primary N) is 1. The highest BCUT2D eigenvalue weighted by atomic mass is 19.1. The molecule has 0 fully saturated rings. The Morgan fingerprint density at radius 2 is 2.00 bits per heavy atom. The molecule has 78 valence electrons. The van der Waals surface area contributed by atoms with E-state index in [1.807, 2.05) is 6.92 Å². The molecule has 0 atom stereocenters. The predicted octanol–water partition coefficient (Wildman–Crippen LogP) is 2.41. The number of nitrogens with one attached hydrogen (secondary N) is 1. The molecule has 0 saturated heterocycles. The van der Waals surface area contributed by atoms with E-state index >= 15 is 0 Å². The molecule has 15 heavy (non-hydrogen) atoms. The summed E-state index contributed by atoms with van der Waals surface area (Å²) in [6.07, 6.45) is 0. The number of hydrogen-bond acceptors (Lipinski definition) is 2. The summed E-state index contributed by atoms with van der Waals surface area (Å²) in [4.78, 5) is 0. The van der Waals surface area contributed by atoms with Crippen LogP contribution in [0.25, 0.3) is 11.3 Å². The molecule has 0 aliphatic heterocycles. The number of benzene rings is 1. The first-order valence-electron chi connectivity index (χ1n) is 4.66. The molecule has 4 heteroatoms. The van der Waals surface area contributed by atoms with Crippen LogP contribution in [0.2, 0.25) is 0 Å². The van der Waals surface area contributed by atoms with Gasteiger partial charge in [0.2, 0.25) is 0 Å². The summed E-state index contributed by atoms with van der Waals surface area (Å²) < 4.78 is 13.8. The first kappa shape index (κ1) is 9.71. The van der Waals surface area contributed by atoms with Crippen LogP contribution in [0, 0.1) is 19.7 Å². The summed E-state index contributed by atoms with van der Waals surface area (Å²) in [5.74, 6) is 0.132. The van der Waals surface area contributed by atoms with E-state index in [1.54, 1.807) is 25.1 Å². The standard InChI is InChI=1S/C11H12FN3/c1-6-3-7(2)11(12)8(4-6)9-5-10(13)15-14-9/h3-5H,1-2H3,(H3,13,14,15). The van der Waals surface area contributed by atoms with Crippen LogP contribution in [0.5, 0.6) is 0 Å². The summed E-state index contributed by atoms with van der Waals surface area (Å²) in [5, 5.41) is 6.48. The van der Waals surface area contributed by atoms with Gasteiger partial charge in [0.25, 0.3) is 0 Å². The Kier molecular flexibility index (Phi) is 2.19. The van der Waals surface area contributed by atoms with E-state index < -0.39 is 0 Å². The summed E-state index contributed by atoms with van der Waals surface area (Å²) in [6, 6.07) is 5.20. The van der Waals surface area contributed by atoms with E-state index in [9.17, 15) is 4.39 Å². The Hall–Kier alpha value is -1.84. The lowest BCUT2D eigenvalue weighted by Crippen LogP contribution is -1.90. The van der Waals surface area contributed by atoms with Crippen molar-refractivity contribution < 1.29 is 4.39 Å². The van der Waals surface area contributed by atoms with Gasteiger partial charge < -0.3 is 5.73 Å². The molecule has 2 rings (SSSR count). The van der Waals surface area contributed by atoms with Crippen molar-refractivity contribution in [2.24, 2.45) is 0 Å². The Bertz CT molecular complexity index is 503. The summed E-state index contributed by atoms with van der Waals surface area (Å²) in [5.41, 5.74) is 8.23. The lowest BCUT2D eigenvalue weighted by atomic mass is 10.0. The van der Waals surface area contributed by atoms with Crippen molar-refractivity contribution >= 4 is 5.82 Å². The van der Waals surface area contributed by atoms with Crippen LogP contribution in [0.3, 0.4) is 0 Å². The normalized spacial score (nSPS) is 10.6. The number of H-pyrrole nitrogens is 1. The van der Waals surface area contributed by atoms with E-state index in [0.29, 0.717) is 22.6 Å². The Morgan fingerprint density at radius 1 is 1.27 bits per heavy atom. The fraction of sp³-hybridized carbons (Fsp3) is 0.182. The number of aromatic amines is 1. The third kappa shape index (κ3) is 1.70. The molecule has 0 amide bonds. The van der Waals surface area contributed by atoms with Crippen molar-refractivity contribution in [3.8, 4) is 11.3 Å². The van der Waals surface area contributed by atoms with Gasteiger partial charge in [-0.05, 0) is 31.0 Å². The molecule has 0 saturated carbocycles. The number of rotatable bonds is 1. The highest BCUT2D eigenvalue weighted by molar-refractivity contribution is 5.64. The van der Waals surface area contributed by atoms with Crippen LogP contribution in [-0.4, -0.2) is 10.2 Å². The molecule has 0 spiro atoms. The third-order valence-electron chi connectivity index (χ3n) is 2.29. The maximum Gasteiger partial charge on any atom is 0.145 e. The first-order chi connectivity index (χ1) is 7.08. The quantitative estimate of drug-likeness (QED) is 0.751. The summed E-state index contributed by atoms with van der Waals surface area (Å²) >= 11 is 0. The zero-order valence-corrected chi connectivity index (χ0v) is 8.63. The van der Waals surface area contributed by atoms with Gasteiger partial charge in [0.05, 0.1) is 5.69 Å². The topological polar surface area (TPSA) is 54.7 Å². The Morgan fingerprint density at radius 3 is 2.60 bits per heavy atom. The largest absolute Gasteiger partial charge is 0.382 e. The number of hydrogen-bond donors (Lipinski definition) is 2. The smallest absolute Gasteiger partial charge is 0.145 e. The fourth-order valence-electron chi connectivity index (χ4n) is 1.62. The zero-order valence-electron chi connectivity index (χ0n) is 8.63. The van der Waals surface area contributed by atoms with Gasteiger partial charge in [0.15, 0.2) is 0 Å². The minimum atomic E-state index is -0.232. The maximum atomic E-state index is 13.8. The molecule has 0 aliphatic rings. The van der Waals surface area contributed by atoms with Crippen molar-refractivity contribution in [3.63, 3.8) is 0 Å². The lowest BCUT2D eigenvalue weighted by Gasteiger charge is -2.05. The van der Waals surface area contributed by atoms with Gasteiger partial charge in [-0.1, -0.05) is 6.07 Å². The number of halogens is 1. The van der Waals surface area contributed by atoms with E-state index in [1.165, 1.54) is 0 Å². The van der Waals surface area contributed by atoms with E-state index in [0.717, 1.165) is 5.56 Å². The van der Waals surface area contributed by atoms with Gasteiger partial charge in [-0.15, -0.1) is 0 Å². The zero-order chi connectivity index (χ0) is 11.0. The monoisotopic (exact) mass is 205 g/mol. The SMILES string of the molecule is Cc1cc(C)c(F)c(-c2cc(N)n[nH]2)c1. The average Bonchev–Trinajstić information content (AvgIpc) is 2.58. The number of anilines is 1. The van der Waals surface area contributed by atoms with Gasteiger partial charge in [0, 0.05) is 11.6 Å². The minimum Gasteiger partial charge on any atom is -0.382 e. The number of nitrogens with zero attached hydrogens (tertiary/aromatic N) is 1. The summed E-state index contributed by atoms with van der Waals surface area (Å²) in [6.45, 7) is 3.67. The molecule has 0 unspecified atom stereocenters. The van der Waals surface area contributed by atoms with E-state index in [4.69, 9.17) is 5.73 Å². The van der Waals surface area contributed by atoms with Crippen molar-refractivity contribution in [2.45, 2.75) is 13.8 Å². The second kappa shape index (κ2) is 3.38. The number of aromatic nitrogens is 2. The molecule has 0 bridgehead atoms. The van der Waals surface area contributed by atoms with Crippen molar-refractivity contribution in [2.75, 3.05) is 5.73 Å². The van der Waals surface area contributed by atoms with Crippen LogP contribution < -0.4 is 5.73 Å². The second-order valence-corrected chi connectivity index (χ2v) is 3.65. The Labute approximate surface area is 87.1 Å². The van der Waals surface area contributed by atoms with Gasteiger partial charge in [-0.2, -0.15) is 5.10 Å². The van der Waals surface area contributed by atoms with Crippen molar-refractivity contribution in [1.82, 2.24) is 10.2 Å². The highest BCUT2D eigenvalue weighted by Gasteiger charge is 2.10. The molecule has 3 N–H and O–H groups in total. The minimum absolute atomic E-state index is 0.232. The average molecular weight is 205 g/mol. The molecule has 2 aromatic rings. The summed E-state index contributed by atoms with van der Waals surface area (Å²) in [7, 11) is 0. The molecule has 3 nitrogen and oxygen atoms in total. The molecule has 0 aliphatic carbocycles. The van der Waals surface area contributed by atoms with E-state index in [-0.39, 0.29) is 5.82 Å². The van der Waals surface area contributed by atoms with Crippen LogP contribution in [0.4, 0.5) is 10.2 Å². The third-order valence-corrected chi connectivity index (χ3v) is 2.29. The van der Waals surface area contributed by atoms with Gasteiger partial charge in [-0.25, -0.2) is 4.39 Å². The predicted molar refractivity (Wildman–Crippen MR) is 57.9 cm³/mol. The lowest BCUT2D eigenvalue weighted by molar-refractivity contribution is 0.621. The molecular weight excluding hydrogens is 193 g/mol. The highest BCUT2D eigenvalue weighted by Crippen LogP contribution is 2.25. The van der Waals surface area contributed by atoms with Crippen LogP contribution in [0.15, 0.2) is 18.2 Å². The van der Waals surface area contributed by atoms with Gasteiger partial charge >= 0.3 is 0 Å². The molecule has 1 aromatic carbocycles. The van der Waals surface area contributed by atoms with E-state index in [2.05, 4.69) is 10.2 Å². The number of aryl methyl sites for hydroxylation is 2. The second-order valence-electron chi connectivity index (χ2n) is 3.65. The van der Waals surface area contributed by atoms with Crippen molar-refractivity contribution in [3.05, 3.63) is 35.1 Å². The first-order valence-corrected chi connectivity index (χ1v) is 4.66. The van der Waals surface area contributed by atoms with Gasteiger partial charge in [0.1, 0.15) is 11.6 Å². The molecule has 1 aromatic heterocycles.